The molecule has 0 radical (unpaired) electrons. The molecule has 1 N–H and O–H groups in total. The Morgan fingerprint density at radius 2 is 1.77 bits per heavy atom. The zero-order valence-corrected chi connectivity index (χ0v) is 17.9. The molecule has 1 amide bonds. The van der Waals surface area contributed by atoms with Crippen molar-refractivity contribution in [2.24, 2.45) is 0 Å². The minimum absolute atomic E-state index is 0.129. The van der Waals surface area contributed by atoms with Crippen LogP contribution in [0.5, 0.6) is 5.75 Å². The number of pyridine rings is 1. The van der Waals surface area contributed by atoms with Gasteiger partial charge in [0, 0.05) is 18.3 Å². The number of hydrogen-bond donors (Lipinski definition) is 1. The van der Waals surface area contributed by atoms with Gasteiger partial charge in [0.2, 0.25) is 11.3 Å². The quantitative estimate of drug-likeness (QED) is 0.564. The number of carbonyl (C=O) groups excluding carboxylic acids is 1. The second-order valence-corrected chi connectivity index (χ2v) is 7.43. The van der Waals surface area contributed by atoms with Gasteiger partial charge in [-0.1, -0.05) is 49.4 Å². The molecule has 0 spiro atoms. The molecule has 31 heavy (non-hydrogen) atoms. The van der Waals surface area contributed by atoms with Crippen LogP contribution in [0.3, 0.4) is 0 Å². The number of rotatable bonds is 9. The van der Waals surface area contributed by atoms with Crippen molar-refractivity contribution in [1.29, 1.82) is 0 Å². The van der Waals surface area contributed by atoms with Crippen molar-refractivity contribution in [3.63, 3.8) is 0 Å². The number of hydrogen-bond acceptors (Lipinski definition) is 3. The molecule has 0 saturated heterocycles. The highest BCUT2D eigenvalue weighted by Crippen LogP contribution is 2.18. The Morgan fingerprint density at radius 1 is 1.06 bits per heavy atom. The van der Waals surface area contributed by atoms with Crippen molar-refractivity contribution in [3.05, 3.63) is 99.2 Å². The number of nitrogens with zero attached hydrogens (tertiary/aromatic N) is 1. The number of halogens is 1. The molecule has 1 aromatic heterocycles. The third-order valence-electron chi connectivity index (χ3n) is 4.98. The molecule has 6 heteroatoms. The normalized spacial score (nSPS) is 10.7. The van der Waals surface area contributed by atoms with Gasteiger partial charge in [0.1, 0.15) is 12.4 Å². The van der Waals surface area contributed by atoms with Crippen LogP contribution in [-0.2, 0) is 30.9 Å². The number of carbonyl (C=O) groups is 1. The summed E-state index contributed by atoms with van der Waals surface area (Å²) >= 11 is 0. The summed E-state index contributed by atoms with van der Waals surface area (Å²) in [4.78, 5) is 25.2. The number of aromatic nitrogens is 1. The van der Waals surface area contributed by atoms with E-state index in [0.717, 1.165) is 23.2 Å². The molecule has 0 bridgehead atoms. The Hall–Kier alpha value is -3.41. The van der Waals surface area contributed by atoms with E-state index in [0.29, 0.717) is 12.2 Å². The van der Waals surface area contributed by atoms with E-state index in [9.17, 15) is 14.0 Å². The molecule has 1 heterocycles. The largest absolute Gasteiger partial charge is 0.483 e. The van der Waals surface area contributed by atoms with Crippen LogP contribution < -0.4 is 15.5 Å². The molecule has 162 valence electrons. The summed E-state index contributed by atoms with van der Waals surface area (Å²) in [5.41, 5.74) is 2.94. The smallest absolute Gasteiger partial charge is 0.224 e. The topological polar surface area (TPSA) is 60.3 Å². The lowest BCUT2D eigenvalue weighted by atomic mass is 10.1. The third kappa shape index (κ3) is 6.04. The Bertz CT molecular complexity index is 1080. The van der Waals surface area contributed by atoms with E-state index in [1.165, 1.54) is 12.1 Å². The standard InChI is InChI=1S/C25H27FN2O3/c1-3-13-28-18(2)14-23(29)25(31-17-20-7-5-4-6-8-20)22(28)16-27-24(30)15-19-9-11-21(26)12-10-19/h4-12,14H,3,13,15-17H2,1-2H3,(H,27,30). The molecule has 3 aromatic rings. The maximum Gasteiger partial charge on any atom is 0.224 e. The van der Waals surface area contributed by atoms with Crippen molar-refractivity contribution >= 4 is 5.91 Å². The van der Waals surface area contributed by atoms with Crippen molar-refractivity contribution < 1.29 is 13.9 Å². The summed E-state index contributed by atoms with van der Waals surface area (Å²) in [6, 6.07) is 17.0. The van der Waals surface area contributed by atoms with Gasteiger partial charge in [0.05, 0.1) is 18.7 Å². The van der Waals surface area contributed by atoms with E-state index in [2.05, 4.69) is 12.2 Å². The molecule has 5 nitrogen and oxygen atoms in total. The maximum absolute atomic E-state index is 13.1. The molecule has 3 rings (SSSR count). The summed E-state index contributed by atoms with van der Waals surface area (Å²) in [6.45, 7) is 5.07. The van der Waals surface area contributed by atoms with Gasteiger partial charge in [-0.2, -0.15) is 0 Å². The van der Waals surface area contributed by atoms with Crippen LogP contribution in [0, 0.1) is 12.7 Å². The summed E-state index contributed by atoms with van der Waals surface area (Å²) in [5.74, 6) is -0.296. The maximum atomic E-state index is 13.1. The number of aryl methyl sites for hydroxylation is 1. The average Bonchev–Trinajstić information content (AvgIpc) is 2.76. The predicted octanol–water partition coefficient (Wildman–Crippen LogP) is 4.14. The first kappa shape index (κ1) is 22.3. The van der Waals surface area contributed by atoms with Gasteiger partial charge in [0.15, 0.2) is 5.75 Å². The summed E-state index contributed by atoms with van der Waals surface area (Å²) < 4.78 is 21.0. The van der Waals surface area contributed by atoms with Gasteiger partial charge >= 0.3 is 0 Å². The summed E-state index contributed by atoms with van der Waals surface area (Å²) in [7, 11) is 0. The monoisotopic (exact) mass is 422 g/mol. The minimum atomic E-state index is -0.340. The van der Waals surface area contributed by atoms with E-state index in [1.54, 1.807) is 18.2 Å². The first-order chi connectivity index (χ1) is 15.0. The number of ether oxygens (including phenoxy) is 1. The second kappa shape index (κ2) is 10.6. The number of nitrogens with one attached hydrogen (secondary N) is 1. The zero-order chi connectivity index (χ0) is 22.2. The molecule has 2 aromatic carbocycles. The van der Waals surface area contributed by atoms with Crippen LogP contribution in [0.25, 0.3) is 0 Å². The fourth-order valence-electron chi connectivity index (χ4n) is 3.44. The highest BCUT2D eigenvalue weighted by Gasteiger charge is 2.16. The zero-order valence-electron chi connectivity index (χ0n) is 17.9. The molecule has 0 unspecified atom stereocenters. The lowest BCUT2D eigenvalue weighted by Gasteiger charge is -2.20. The van der Waals surface area contributed by atoms with Crippen molar-refractivity contribution in [1.82, 2.24) is 9.88 Å². The van der Waals surface area contributed by atoms with Crippen LogP contribution in [0.4, 0.5) is 4.39 Å². The highest BCUT2D eigenvalue weighted by atomic mass is 19.1. The van der Waals surface area contributed by atoms with Crippen LogP contribution in [0.1, 0.15) is 35.9 Å². The van der Waals surface area contributed by atoms with Gasteiger partial charge in [0.25, 0.3) is 0 Å². The number of benzene rings is 2. The van der Waals surface area contributed by atoms with Crippen molar-refractivity contribution in [2.75, 3.05) is 0 Å². The van der Waals surface area contributed by atoms with Crippen LogP contribution in [0.15, 0.2) is 65.5 Å². The predicted molar refractivity (Wildman–Crippen MR) is 118 cm³/mol. The molecule has 0 aliphatic heterocycles. The van der Waals surface area contributed by atoms with Gasteiger partial charge in [-0.15, -0.1) is 0 Å². The molecule has 0 fully saturated rings. The molecule has 0 aliphatic rings. The molecular formula is C25H27FN2O3. The van der Waals surface area contributed by atoms with Crippen LogP contribution >= 0.6 is 0 Å². The highest BCUT2D eigenvalue weighted by molar-refractivity contribution is 5.78. The second-order valence-electron chi connectivity index (χ2n) is 7.43. The molecule has 0 aliphatic carbocycles. The lowest BCUT2D eigenvalue weighted by molar-refractivity contribution is -0.120. The molecule has 0 saturated carbocycles. The van der Waals surface area contributed by atoms with Gasteiger partial charge in [-0.25, -0.2) is 4.39 Å². The van der Waals surface area contributed by atoms with Crippen LogP contribution in [-0.4, -0.2) is 10.5 Å². The fraction of sp³-hybridized carbons (Fsp3) is 0.280. The van der Waals surface area contributed by atoms with Gasteiger partial charge < -0.3 is 14.6 Å². The first-order valence-electron chi connectivity index (χ1n) is 10.4. The Labute approximate surface area is 181 Å². The van der Waals surface area contributed by atoms with E-state index in [4.69, 9.17) is 4.74 Å². The fourth-order valence-corrected chi connectivity index (χ4v) is 3.44. The Kier molecular flexibility index (Phi) is 7.60. The number of amides is 1. The summed E-state index contributed by atoms with van der Waals surface area (Å²) in [6.07, 6.45) is 1.00. The van der Waals surface area contributed by atoms with E-state index in [1.807, 2.05) is 41.8 Å². The van der Waals surface area contributed by atoms with E-state index < -0.39 is 0 Å². The van der Waals surface area contributed by atoms with Gasteiger partial charge in [-0.3, -0.25) is 9.59 Å². The lowest BCUT2D eigenvalue weighted by Crippen LogP contribution is -2.29. The molecular weight excluding hydrogens is 395 g/mol. The van der Waals surface area contributed by atoms with E-state index in [-0.39, 0.29) is 42.5 Å². The Morgan fingerprint density at radius 3 is 2.45 bits per heavy atom. The molecule has 0 atom stereocenters. The van der Waals surface area contributed by atoms with E-state index >= 15 is 0 Å². The van der Waals surface area contributed by atoms with Crippen molar-refractivity contribution in [2.45, 2.75) is 46.4 Å². The SMILES string of the molecule is CCCn1c(C)cc(=O)c(OCc2ccccc2)c1CNC(=O)Cc1ccc(F)cc1. The average molecular weight is 423 g/mol. The minimum Gasteiger partial charge on any atom is -0.483 e. The Balaban J connectivity index is 1.80. The first-order valence-corrected chi connectivity index (χ1v) is 10.4. The van der Waals surface area contributed by atoms with Crippen LogP contribution in [0.2, 0.25) is 0 Å². The van der Waals surface area contributed by atoms with Crippen molar-refractivity contribution in [3.8, 4) is 5.75 Å². The van der Waals surface area contributed by atoms with Gasteiger partial charge in [-0.05, 0) is 36.6 Å². The summed E-state index contributed by atoms with van der Waals surface area (Å²) in [5, 5.41) is 2.88. The third-order valence-corrected chi connectivity index (χ3v) is 4.98.